The van der Waals surface area contributed by atoms with Crippen molar-refractivity contribution in [3.63, 3.8) is 0 Å². The van der Waals surface area contributed by atoms with Gasteiger partial charge in [-0.1, -0.05) is 69.6 Å². The van der Waals surface area contributed by atoms with Gasteiger partial charge in [0.15, 0.2) is 5.75 Å². The van der Waals surface area contributed by atoms with Crippen molar-refractivity contribution >= 4 is 58.7 Å². The Morgan fingerprint density at radius 1 is 1.07 bits per heavy atom. The number of benzene rings is 3. The molecule has 0 radical (unpaired) electrons. The van der Waals surface area contributed by atoms with Crippen LogP contribution in [0.5, 0.6) is 5.75 Å². The van der Waals surface area contributed by atoms with Gasteiger partial charge in [-0.2, -0.15) is 20.9 Å². The van der Waals surface area contributed by atoms with E-state index in [1.807, 2.05) is 24.3 Å². The highest BCUT2D eigenvalue weighted by atomic mass is 35.5. The Morgan fingerprint density at radius 2 is 1.77 bits per heavy atom. The molecule has 0 saturated heterocycles. The Hall–Kier alpha value is -3.26. The van der Waals surface area contributed by atoms with E-state index in [2.05, 4.69) is 97.6 Å². The Balaban J connectivity index is 1.66. The minimum Gasteiger partial charge on any atom is -0.489 e. The molecule has 3 N–H and O–H groups in total. The minimum absolute atomic E-state index is 0.265. The van der Waals surface area contributed by atoms with Crippen molar-refractivity contribution < 1.29 is 14.1 Å². The lowest BCUT2D eigenvalue weighted by atomic mass is 9.77. The Kier molecular flexibility index (Phi) is 10.9. The van der Waals surface area contributed by atoms with Gasteiger partial charge in [-0.05, 0) is 69.4 Å². The first-order valence-corrected chi connectivity index (χ1v) is 15.8. The van der Waals surface area contributed by atoms with Crippen LogP contribution in [0.3, 0.4) is 0 Å². The number of hydroxylamine groups is 1. The number of nitriles is 1. The molecule has 0 saturated carbocycles. The van der Waals surface area contributed by atoms with Gasteiger partial charge >= 0.3 is 0 Å². The Labute approximate surface area is 275 Å². The summed E-state index contributed by atoms with van der Waals surface area (Å²) >= 11 is 16.4. The van der Waals surface area contributed by atoms with Crippen molar-refractivity contribution in [2.24, 2.45) is 5.92 Å². The van der Waals surface area contributed by atoms with Crippen LogP contribution in [0.4, 0.5) is 11.8 Å². The summed E-state index contributed by atoms with van der Waals surface area (Å²) in [6.07, 6.45) is 2.11. The molecule has 44 heavy (non-hydrogen) atoms. The number of hydrogen-bond donors (Lipinski definition) is 4. The van der Waals surface area contributed by atoms with Gasteiger partial charge in [0.25, 0.3) is 5.95 Å². The lowest BCUT2D eigenvalue weighted by Crippen LogP contribution is -2.36. The number of nitrogens with one attached hydrogen (secondary N) is 2. The van der Waals surface area contributed by atoms with E-state index in [0.29, 0.717) is 34.0 Å². The topological polar surface area (TPSA) is 103 Å². The fourth-order valence-corrected chi connectivity index (χ4v) is 5.41. The molecule has 4 aromatic rings. The van der Waals surface area contributed by atoms with Crippen LogP contribution in [0.1, 0.15) is 57.2 Å². The SMILES string of the molecule is CC(C)CCCNc1nc(N[N+](C)(O)S)nc2ccc(-c3ccc(C(C)(C)c4cc(Cl)c(OCCCl)c(C#N)c4)cc3)cc12. The molecule has 0 spiro atoms. The molecular formula is C33H39Cl2N6O2S+. The quantitative estimate of drug-likeness (QED) is 0.0376. The van der Waals surface area contributed by atoms with Crippen molar-refractivity contribution in [3.05, 3.63) is 76.3 Å². The van der Waals surface area contributed by atoms with Gasteiger partial charge in [-0.15, -0.1) is 11.6 Å². The maximum absolute atomic E-state index is 10.1. The van der Waals surface area contributed by atoms with Crippen molar-refractivity contribution in [3.8, 4) is 22.9 Å². The number of nitrogens with zero attached hydrogens (tertiary/aromatic N) is 4. The average Bonchev–Trinajstić information content (AvgIpc) is 2.97. The molecule has 0 aliphatic rings. The molecule has 1 aromatic heterocycles. The molecule has 1 unspecified atom stereocenters. The Bertz CT molecular complexity index is 1650. The molecule has 0 bridgehead atoms. The number of alkyl halides is 1. The molecule has 232 valence electrons. The highest BCUT2D eigenvalue weighted by Crippen LogP contribution is 2.39. The van der Waals surface area contributed by atoms with E-state index in [4.69, 9.17) is 27.9 Å². The van der Waals surface area contributed by atoms with E-state index < -0.39 is 9.58 Å². The first kappa shape index (κ1) is 33.6. The third-order valence-corrected chi connectivity index (χ3v) is 7.94. The van der Waals surface area contributed by atoms with Gasteiger partial charge in [0, 0.05) is 17.3 Å². The summed E-state index contributed by atoms with van der Waals surface area (Å²) in [5.74, 6) is 2.23. The van der Waals surface area contributed by atoms with E-state index in [1.165, 1.54) is 7.05 Å². The summed E-state index contributed by atoms with van der Waals surface area (Å²) in [5, 5.41) is 24.6. The van der Waals surface area contributed by atoms with Crippen molar-refractivity contribution in [2.75, 3.05) is 36.8 Å². The van der Waals surface area contributed by atoms with Crippen molar-refractivity contribution in [1.29, 1.82) is 5.26 Å². The number of aromatic nitrogens is 2. The molecule has 4 rings (SSSR count). The van der Waals surface area contributed by atoms with Crippen LogP contribution in [0, 0.1) is 17.2 Å². The Morgan fingerprint density at radius 3 is 2.41 bits per heavy atom. The fraction of sp³-hybridized carbons (Fsp3) is 0.364. The van der Waals surface area contributed by atoms with Crippen LogP contribution in [-0.2, 0) is 5.41 Å². The fourth-order valence-electron chi connectivity index (χ4n) is 4.97. The summed E-state index contributed by atoms with van der Waals surface area (Å²) in [7, 11) is 1.46. The van der Waals surface area contributed by atoms with Crippen LogP contribution in [0.2, 0.25) is 5.02 Å². The van der Waals surface area contributed by atoms with Crippen molar-refractivity contribution in [1.82, 2.24) is 9.97 Å². The van der Waals surface area contributed by atoms with Crippen LogP contribution < -0.4 is 15.5 Å². The number of thiol groups is 1. The third kappa shape index (κ3) is 8.26. The monoisotopic (exact) mass is 653 g/mol. The average molecular weight is 655 g/mol. The van der Waals surface area contributed by atoms with Gasteiger partial charge in [0.05, 0.1) is 22.0 Å². The summed E-state index contributed by atoms with van der Waals surface area (Å²) in [4.78, 5) is 9.25. The molecule has 0 amide bonds. The lowest BCUT2D eigenvalue weighted by Gasteiger charge is -2.27. The zero-order valence-electron chi connectivity index (χ0n) is 25.7. The molecule has 3 aromatic carbocycles. The molecule has 0 aliphatic carbocycles. The number of ether oxygens (including phenoxy) is 1. The van der Waals surface area contributed by atoms with Crippen LogP contribution in [0.25, 0.3) is 22.0 Å². The number of anilines is 2. The second kappa shape index (κ2) is 14.2. The number of hydrogen-bond acceptors (Lipinski definition) is 8. The van der Waals surface area contributed by atoms with Crippen molar-refractivity contribution in [2.45, 2.75) is 46.0 Å². The summed E-state index contributed by atoms with van der Waals surface area (Å²) in [6.45, 7) is 9.66. The highest BCUT2D eigenvalue weighted by molar-refractivity contribution is 7.74. The van der Waals surface area contributed by atoms with E-state index in [1.54, 1.807) is 0 Å². The van der Waals surface area contributed by atoms with E-state index in [-0.39, 0.29) is 12.6 Å². The maximum atomic E-state index is 10.1. The second-order valence-electron chi connectivity index (χ2n) is 11.8. The summed E-state index contributed by atoms with van der Waals surface area (Å²) in [5.41, 5.74) is 7.50. The molecule has 1 atom stereocenters. The van der Waals surface area contributed by atoms with E-state index in [0.717, 1.165) is 52.5 Å². The van der Waals surface area contributed by atoms with Gasteiger partial charge in [0.1, 0.15) is 38.4 Å². The molecule has 0 fully saturated rings. The molecular weight excluding hydrogens is 615 g/mol. The lowest BCUT2D eigenvalue weighted by molar-refractivity contribution is -0.955. The zero-order valence-corrected chi connectivity index (χ0v) is 28.1. The highest BCUT2D eigenvalue weighted by Gasteiger charge is 2.26. The third-order valence-electron chi connectivity index (χ3n) is 7.41. The first-order chi connectivity index (χ1) is 20.8. The first-order valence-electron chi connectivity index (χ1n) is 14.5. The zero-order chi connectivity index (χ0) is 32.1. The smallest absolute Gasteiger partial charge is 0.275 e. The summed E-state index contributed by atoms with van der Waals surface area (Å²) in [6, 6.07) is 20.3. The predicted octanol–water partition coefficient (Wildman–Crippen LogP) is 8.62. The van der Waals surface area contributed by atoms with Crippen LogP contribution >= 0.6 is 36.0 Å². The standard InChI is InChI=1S/C33H39Cl2N6O2S/c1-21(2)7-6-15-37-31-27-18-23(10-13-29(27)38-32(39-31)40-41(5,42)44)22-8-11-25(12-9-22)33(3,4)26-17-24(20-36)30(28(35)19-26)43-16-14-34/h8-13,17-19,21,42,44H,6-7,14-16H2,1-5H3,(H2,37,38,39,40)/q+1. The largest absolute Gasteiger partial charge is 0.489 e. The maximum Gasteiger partial charge on any atom is 0.275 e. The number of quaternary nitrogens is 1. The second-order valence-corrected chi connectivity index (χ2v) is 13.4. The molecule has 1 heterocycles. The molecule has 8 nitrogen and oxygen atoms in total. The van der Waals surface area contributed by atoms with Gasteiger partial charge in [-0.3, -0.25) is 0 Å². The van der Waals surface area contributed by atoms with E-state index >= 15 is 0 Å². The number of rotatable bonds is 13. The van der Waals surface area contributed by atoms with Crippen LogP contribution in [0.15, 0.2) is 54.6 Å². The van der Waals surface area contributed by atoms with Gasteiger partial charge in [-0.25, -0.2) is 4.98 Å². The summed E-state index contributed by atoms with van der Waals surface area (Å²) < 4.78 is 4.83. The number of fused-ring (bicyclic) bond motifs is 1. The van der Waals surface area contributed by atoms with E-state index in [9.17, 15) is 10.5 Å². The van der Waals surface area contributed by atoms with Crippen LogP contribution in [-0.4, -0.2) is 45.4 Å². The minimum atomic E-state index is -0.797. The molecule has 11 heteroatoms. The van der Waals surface area contributed by atoms with Gasteiger partial charge < -0.3 is 10.1 Å². The predicted molar refractivity (Wildman–Crippen MR) is 183 cm³/mol. The normalized spacial score (nSPS) is 13.0. The van der Waals surface area contributed by atoms with Gasteiger partial charge in [0.2, 0.25) is 0 Å². The molecule has 0 aliphatic heterocycles. The number of halogens is 2.